The Morgan fingerprint density at radius 1 is 1.13 bits per heavy atom. The fourth-order valence-electron chi connectivity index (χ4n) is 0.317. The number of carboxylic acids is 2. The van der Waals surface area contributed by atoms with Crippen molar-refractivity contribution < 1.29 is 29.3 Å². The molecule has 6 nitrogen and oxygen atoms in total. The second kappa shape index (κ2) is 8.49. The van der Waals surface area contributed by atoms with Crippen LogP contribution in [0.15, 0.2) is 24.3 Å². The molecule has 0 fully saturated rings. The Balaban J connectivity index is 0. The molecule has 0 aliphatic rings. The predicted molar refractivity (Wildman–Crippen MR) is 51.2 cm³/mol. The largest absolute Gasteiger partial charge is 0.478 e. The number of esters is 1. The summed E-state index contributed by atoms with van der Waals surface area (Å²) < 4.78 is 4.27. The van der Waals surface area contributed by atoms with Gasteiger partial charge in [-0.1, -0.05) is 6.58 Å². The zero-order valence-corrected chi connectivity index (χ0v) is 8.39. The zero-order chi connectivity index (χ0) is 12.4. The maximum absolute atomic E-state index is 10.2. The molecule has 0 heterocycles. The lowest BCUT2D eigenvalue weighted by Gasteiger charge is -1.91. The van der Waals surface area contributed by atoms with Gasteiger partial charge >= 0.3 is 17.9 Å². The first-order valence-corrected chi connectivity index (χ1v) is 3.69. The van der Waals surface area contributed by atoms with Gasteiger partial charge in [0, 0.05) is 17.7 Å². The minimum absolute atomic E-state index is 0.347. The number of carboxylic acid groups (broad SMARTS) is 2. The van der Waals surface area contributed by atoms with Crippen molar-refractivity contribution in [2.45, 2.75) is 6.92 Å². The third-order valence-corrected chi connectivity index (χ3v) is 0.902. The van der Waals surface area contributed by atoms with Crippen LogP contribution in [0.1, 0.15) is 6.92 Å². The zero-order valence-electron chi connectivity index (χ0n) is 8.39. The van der Waals surface area contributed by atoms with E-state index < -0.39 is 11.9 Å². The Bertz CT molecular complexity index is 273. The topological polar surface area (TPSA) is 101 Å². The first kappa shape index (κ1) is 15.4. The number of methoxy groups -OCH3 is 1. The molecule has 15 heavy (non-hydrogen) atoms. The average molecular weight is 216 g/mol. The highest BCUT2D eigenvalue weighted by molar-refractivity contribution is 5.89. The molecule has 84 valence electrons. The highest BCUT2D eigenvalue weighted by Crippen LogP contribution is 1.87. The molecule has 0 unspecified atom stereocenters. The SMILES string of the molecule is C=C(C)C(=O)OC.O=C(O)/C=C/C(=O)O. The van der Waals surface area contributed by atoms with Crippen molar-refractivity contribution >= 4 is 17.9 Å². The third-order valence-electron chi connectivity index (χ3n) is 0.902. The van der Waals surface area contributed by atoms with Crippen LogP contribution in [-0.2, 0) is 19.1 Å². The van der Waals surface area contributed by atoms with Gasteiger partial charge in [0.25, 0.3) is 0 Å². The molecular formula is C9H12O6. The van der Waals surface area contributed by atoms with E-state index in [9.17, 15) is 14.4 Å². The van der Waals surface area contributed by atoms with Crippen LogP contribution in [0, 0.1) is 0 Å². The van der Waals surface area contributed by atoms with Crippen LogP contribution < -0.4 is 0 Å². The van der Waals surface area contributed by atoms with Crippen molar-refractivity contribution in [3.8, 4) is 0 Å². The van der Waals surface area contributed by atoms with Gasteiger partial charge in [-0.15, -0.1) is 0 Å². The molecule has 2 N–H and O–H groups in total. The lowest BCUT2D eigenvalue weighted by Crippen LogP contribution is -1.98. The smallest absolute Gasteiger partial charge is 0.332 e. The van der Waals surface area contributed by atoms with Crippen molar-refractivity contribution in [3.63, 3.8) is 0 Å². The fraction of sp³-hybridized carbons (Fsp3) is 0.222. The first-order valence-electron chi connectivity index (χ1n) is 3.69. The van der Waals surface area contributed by atoms with E-state index in [1.54, 1.807) is 6.92 Å². The predicted octanol–water partition coefficient (Wildman–Crippen LogP) is 0.447. The number of carbonyl (C=O) groups is 3. The number of carbonyl (C=O) groups excluding carboxylic acids is 1. The van der Waals surface area contributed by atoms with Crippen LogP contribution in [0.25, 0.3) is 0 Å². The summed E-state index contributed by atoms with van der Waals surface area (Å²) in [5.74, 6) is -2.86. The van der Waals surface area contributed by atoms with Crippen LogP contribution in [0.4, 0.5) is 0 Å². The second-order valence-corrected chi connectivity index (χ2v) is 2.28. The Hall–Kier alpha value is -2.11. The number of hydrogen-bond donors (Lipinski definition) is 2. The van der Waals surface area contributed by atoms with Gasteiger partial charge in [-0.25, -0.2) is 14.4 Å². The molecule has 6 heteroatoms. The molecule has 0 aliphatic heterocycles. The van der Waals surface area contributed by atoms with Gasteiger partial charge in [0.15, 0.2) is 0 Å². The summed E-state index contributed by atoms with van der Waals surface area (Å²) in [4.78, 5) is 29.3. The van der Waals surface area contributed by atoms with E-state index in [2.05, 4.69) is 11.3 Å². The third kappa shape index (κ3) is 14.7. The van der Waals surface area contributed by atoms with Crippen molar-refractivity contribution in [3.05, 3.63) is 24.3 Å². The molecule has 0 saturated carbocycles. The highest BCUT2D eigenvalue weighted by atomic mass is 16.5. The lowest BCUT2D eigenvalue weighted by molar-refractivity contribution is -0.136. The Morgan fingerprint density at radius 2 is 1.47 bits per heavy atom. The van der Waals surface area contributed by atoms with E-state index in [4.69, 9.17) is 10.2 Å². The lowest BCUT2D eigenvalue weighted by atomic mass is 10.4. The minimum atomic E-state index is -1.26. The van der Waals surface area contributed by atoms with Crippen molar-refractivity contribution in [1.82, 2.24) is 0 Å². The van der Waals surface area contributed by atoms with Gasteiger partial charge < -0.3 is 14.9 Å². The van der Waals surface area contributed by atoms with Crippen LogP contribution >= 0.6 is 0 Å². The Kier molecular flexibility index (Phi) is 8.69. The van der Waals surface area contributed by atoms with E-state index in [0.717, 1.165) is 0 Å². The molecule has 0 spiro atoms. The van der Waals surface area contributed by atoms with Gasteiger partial charge in [-0.2, -0.15) is 0 Å². The average Bonchev–Trinajstić information content (AvgIpc) is 2.14. The van der Waals surface area contributed by atoms with Crippen LogP contribution in [0.3, 0.4) is 0 Å². The van der Waals surface area contributed by atoms with E-state index in [0.29, 0.717) is 17.7 Å². The van der Waals surface area contributed by atoms with Crippen molar-refractivity contribution in [1.29, 1.82) is 0 Å². The summed E-state index contributed by atoms with van der Waals surface area (Å²) in [6, 6.07) is 0. The van der Waals surface area contributed by atoms with Gasteiger partial charge in [0.1, 0.15) is 0 Å². The van der Waals surface area contributed by atoms with Crippen molar-refractivity contribution in [2.24, 2.45) is 0 Å². The van der Waals surface area contributed by atoms with Gasteiger partial charge in [-0.05, 0) is 6.92 Å². The molecule has 0 atom stereocenters. The molecular weight excluding hydrogens is 204 g/mol. The summed E-state index contributed by atoms with van der Waals surface area (Å²) >= 11 is 0. The van der Waals surface area contributed by atoms with E-state index in [1.807, 2.05) is 0 Å². The second-order valence-electron chi connectivity index (χ2n) is 2.28. The maximum atomic E-state index is 10.2. The van der Waals surface area contributed by atoms with E-state index in [1.165, 1.54) is 7.11 Å². The summed E-state index contributed by atoms with van der Waals surface area (Å²) in [6.45, 7) is 4.95. The molecule has 0 aromatic heterocycles. The van der Waals surface area contributed by atoms with Gasteiger partial charge in [-0.3, -0.25) is 0 Å². The van der Waals surface area contributed by atoms with Gasteiger partial charge in [0.2, 0.25) is 0 Å². The molecule has 0 aromatic carbocycles. The van der Waals surface area contributed by atoms with Crippen LogP contribution in [-0.4, -0.2) is 35.2 Å². The highest BCUT2D eigenvalue weighted by Gasteiger charge is 1.95. The molecule has 0 amide bonds. The first-order chi connectivity index (χ1) is 6.81. The molecule has 0 aromatic rings. The Labute approximate surface area is 86.5 Å². The quantitative estimate of drug-likeness (QED) is 0.524. The summed E-state index contributed by atoms with van der Waals surface area (Å²) in [7, 11) is 1.33. The normalized spacial score (nSPS) is 8.67. The Morgan fingerprint density at radius 3 is 1.53 bits per heavy atom. The van der Waals surface area contributed by atoms with Crippen molar-refractivity contribution in [2.75, 3.05) is 7.11 Å². The number of hydrogen-bond acceptors (Lipinski definition) is 4. The number of ether oxygens (including phenoxy) is 1. The van der Waals surface area contributed by atoms with Crippen LogP contribution in [0.5, 0.6) is 0 Å². The minimum Gasteiger partial charge on any atom is -0.478 e. The number of rotatable bonds is 3. The fourth-order valence-corrected chi connectivity index (χ4v) is 0.317. The molecule has 0 radical (unpaired) electrons. The monoisotopic (exact) mass is 216 g/mol. The van der Waals surface area contributed by atoms with Gasteiger partial charge in [0.05, 0.1) is 7.11 Å². The summed E-state index contributed by atoms with van der Waals surface area (Å²) in [5, 5.41) is 15.6. The molecule has 0 saturated heterocycles. The maximum Gasteiger partial charge on any atom is 0.332 e. The van der Waals surface area contributed by atoms with Crippen LogP contribution in [0.2, 0.25) is 0 Å². The summed E-state index contributed by atoms with van der Waals surface area (Å²) in [5.41, 5.74) is 0.433. The standard InChI is InChI=1S/C5H8O2.C4H4O4/c1-4(2)5(6)7-3;5-3(6)1-2-4(7)8/h1H2,2-3H3;1-2H,(H,5,6)(H,7,8)/b;2-1+. The number of aliphatic carboxylic acids is 2. The summed E-state index contributed by atoms with van der Waals surface area (Å²) in [6.07, 6.45) is 1.12. The molecule has 0 rings (SSSR count). The molecule has 0 aliphatic carbocycles. The van der Waals surface area contributed by atoms with E-state index in [-0.39, 0.29) is 5.97 Å². The molecule has 0 bridgehead atoms. The van der Waals surface area contributed by atoms with E-state index >= 15 is 0 Å².